The SMILES string of the molecule is CCCN1CCN(c2ncc3c(n2)CCN(Cc2ccc(OCC)cc2)C3)CC1.Cl.Cl. The van der Waals surface area contributed by atoms with E-state index in [0.717, 1.165) is 63.9 Å². The lowest BCUT2D eigenvalue weighted by atomic mass is 10.1. The van der Waals surface area contributed by atoms with Gasteiger partial charge in [0.2, 0.25) is 5.95 Å². The Morgan fingerprint density at radius 3 is 2.35 bits per heavy atom. The van der Waals surface area contributed by atoms with Gasteiger partial charge in [-0.25, -0.2) is 9.97 Å². The summed E-state index contributed by atoms with van der Waals surface area (Å²) >= 11 is 0. The molecule has 2 aliphatic rings. The first-order valence-corrected chi connectivity index (χ1v) is 11.0. The topological polar surface area (TPSA) is 44.7 Å². The molecule has 8 heteroatoms. The zero-order valence-electron chi connectivity index (χ0n) is 18.6. The van der Waals surface area contributed by atoms with E-state index in [1.807, 2.05) is 6.92 Å². The van der Waals surface area contributed by atoms with Crippen LogP contribution >= 0.6 is 24.8 Å². The minimum Gasteiger partial charge on any atom is -0.494 e. The molecule has 0 aliphatic carbocycles. The Bertz CT molecular complexity index is 797. The number of ether oxygens (including phenoxy) is 1. The van der Waals surface area contributed by atoms with Gasteiger partial charge < -0.3 is 9.64 Å². The van der Waals surface area contributed by atoms with Gasteiger partial charge in [-0.05, 0) is 37.6 Å². The van der Waals surface area contributed by atoms with Crippen molar-refractivity contribution in [1.82, 2.24) is 19.8 Å². The fourth-order valence-electron chi connectivity index (χ4n) is 4.26. The molecule has 6 nitrogen and oxygen atoms in total. The highest BCUT2D eigenvalue weighted by Gasteiger charge is 2.22. The Labute approximate surface area is 198 Å². The van der Waals surface area contributed by atoms with Crippen molar-refractivity contribution in [2.45, 2.75) is 39.8 Å². The summed E-state index contributed by atoms with van der Waals surface area (Å²) in [4.78, 5) is 17.0. The molecule has 172 valence electrons. The van der Waals surface area contributed by atoms with Crippen LogP contribution in [0.15, 0.2) is 30.5 Å². The van der Waals surface area contributed by atoms with E-state index in [1.54, 1.807) is 0 Å². The van der Waals surface area contributed by atoms with Crippen molar-refractivity contribution in [3.8, 4) is 5.75 Å². The van der Waals surface area contributed by atoms with E-state index in [2.05, 4.69) is 52.1 Å². The van der Waals surface area contributed by atoms with Crippen molar-refractivity contribution in [3.63, 3.8) is 0 Å². The Morgan fingerprint density at radius 2 is 1.68 bits per heavy atom. The molecule has 0 N–H and O–H groups in total. The van der Waals surface area contributed by atoms with Gasteiger partial charge >= 0.3 is 0 Å². The third kappa shape index (κ3) is 6.69. The highest BCUT2D eigenvalue weighted by molar-refractivity contribution is 5.85. The molecule has 1 saturated heterocycles. The lowest BCUT2D eigenvalue weighted by Crippen LogP contribution is -2.47. The van der Waals surface area contributed by atoms with Gasteiger partial charge in [-0.1, -0.05) is 19.1 Å². The monoisotopic (exact) mass is 467 g/mol. The third-order valence-corrected chi connectivity index (χ3v) is 5.84. The first kappa shape index (κ1) is 25.7. The fraction of sp³-hybridized carbons (Fsp3) is 0.565. The van der Waals surface area contributed by atoms with Crippen molar-refractivity contribution in [2.75, 3.05) is 50.8 Å². The average Bonchev–Trinajstić information content (AvgIpc) is 2.76. The van der Waals surface area contributed by atoms with Gasteiger partial charge in [0.25, 0.3) is 0 Å². The number of fused-ring (bicyclic) bond motifs is 1. The second-order valence-electron chi connectivity index (χ2n) is 8.01. The molecule has 4 rings (SSSR count). The van der Waals surface area contributed by atoms with E-state index in [4.69, 9.17) is 14.7 Å². The highest BCUT2D eigenvalue weighted by atomic mass is 35.5. The maximum absolute atomic E-state index is 5.54. The number of nitrogens with zero attached hydrogens (tertiary/aromatic N) is 5. The molecule has 2 aromatic rings. The molecule has 0 radical (unpaired) electrons. The van der Waals surface area contributed by atoms with Gasteiger partial charge in [-0.15, -0.1) is 24.8 Å². The Balaban J connectivity index is 0.00000171. The molecular weight excluding hydrogens is 433 g/mol. The molecule has 31 heavy (non-hydrogen) atoms. The molecule has 0 saturated carbocycles. The summed E-state index contributed by atoms with van der Waals surface area (Å²) in [5.74, 6) is 1.86. The first-order chi connectivity index (χ1) is 14.2. The lowest BCUT2D eigenvalue weighted by molar-refractivity contribution is 0.242. The van der Waals surface area contributed by atoms with Crippen molar-refractivity contribution in [2.24, 2.45) is 0 Å². The molecular formula is C23H35Cl2N5O. The molecule has 2 aliphatic heterocycles. The average molecular weight is 468 g/mol. The van der Waals surface area contributed by atoms with E-state index < -0.39 is 0 Å². The Kier molecular flexibility index (Phi) is 10.3. The van der Waals surface area contributed by atoms with Gasteiger partial charge in [-0.2, -0.15) is 0 Å². The second kappa shape index (κ2) is 12.4. The van der Waals surface area contributed by atoms with E-state index in [0.29, 0.717) is 6.61 Å². The Hall–Kier alpha value is -1.60. The summed E-state index contributed by atoms with van der Waals surface area (Å²) in [6, 6.07) is 8.45. The summed E-state index contributed by atoms with van der Waals surface area (Å²) in [5.41, 5.74) is 3.82. The quantitative estimate of drug-likeness (QED) is 0.616. The van der Waals surface area contributed by atoms with Crippen LogP contribution < -0.4 is 9.64 Å². The van der Waals surface area contributed by atoms with Crippen LogP contribution in [-0.4, -0.2) is 65.6 Å². The zero-order valence-corrected chi connectivity index (χ0v) is 20.3. The number of anilines is 1. The molecule has 0 amide bonds. The maximum Gasteiger partial charge on any atom is 0.225 e. The summed E-state index contributed by atoms with van der Waals surface area (Å²) < 4.78 is 5.54. The van der Waals surface area contributed by atoms with Gasteiger partial charge in [0, 0.05) is 64.0 Å². The fourth-order valence-corrected chi connectivity index (χ4v) is 4.26. The standard InChI is InChI=1S/C23H33N5O.2ClH/c1-3-10-26-12-14-28(15-13-26)23-24-16-20-18-27(11-9-22(20)25-23)17-19-5-7-21(8-6-19)29-4-2;;/h5-8,16H,3-4,9-15,17-18H2,1-2H3;2*1H. The highest BCUT2D eigenvalue weighted by Crippen LogP contribution is 2.22. The number of benzene rings is 1. The summed E-state index contributed by atoms with van der Waals surface area (Å²) in [5, 5.41) is 0. The molecule has 0 atom stereocenters. The lowest BCUT2D eigenvalue weighted by Gasteiger charge is -2.35. The number of hydrogen-bond acceptors (Lipinski definition) is 6. The van der Waals surface area contributed by atoms with Crippen LogP contribution in [0.4, 0.5) is 5.95 Å². The predicted octanol–water partition coefficient (Wildman–Crippen LogP) is 3.81. The number of rotatable bonds is 7. The zero-order chi connectivity index (χ0) is 20.1. The minimum atomic E-state index is 0. The van der Waals surface area contributed by atoms with E-state index in [9.17, 15) is 0 Å². The van der Waals surface area contributed by atoms with Crippen molar-refractivity contribution in [3.05, 3.63) is 47.3 Å². The Morgan fingerprint density at radius 1 is 0.935 bits per heavy atom. The minimum absolute atomic E-state index is 0. The molecule has 1 aromatic carbocycles. The van der Waals surface area contributed by atoms with Crippen LogP contribution in [-0.2, 0) is 19.5 Å². The van der Waals surface area contributed by atoms with Crippen LogP contribution in [0.3, 0.4) is 0 Å². The number of halogens is 2. The largest absolute Gasteiger partial charge is 0.494 e. The van der Waals surface area contributed by atoms with E-state index in [1.165, 1.54) is 29.8 Å². The molecule has 3 heterocycles. The molecule has 1 aromatic heterocycles. The van der Waals surface area contributed by atoms with Crippen LogP contribution in [0.1, 0.15) is 37.1 Å². The predicted molar refractivity (Wildman–Crippen MR) is 131 cm³/mol. The molecule has 1 fully saturated rings. The summed E-state index contributed by atoms with van der Waals surface area (Å²) in [6.45, 7) is 13.4. The van der Waals surface area contributed by atoms with Crippen LogP contribution in [0, 0.1) is 0 Å². The van der Waals surface area contributed by atoms with Crippen molar-refractivity contribution in [1.29, 1.82) is 0 Å². The number of piperazine rings is 1. The summed E-state index contributed by atoms with van der Waals surface area (Å²) in [7, 11) is 0. The number of aromatic nitrogens is 2. The van der Waals surface area contributed by atoms with Gasteiger partial charge in [0.05, 0.1) is 12.3 Å². The van der Waals surface area contributed by atoms with Crippen LogP contribution in [0.25, 0.3) is 0 Å². The van der Waals surface area contributed by atoms with Gasteiger partial charge in [0.15, 0.2) is 0 Å². The maximum atomic E-state index is 5.54. The summed E-state index contributed by atoms with van der Waals surface area (Å²) in [6.07, 6.45) is 4.28. The molecule has 0 bridgehead atoms. The first-order valence-electron chi connectivity index (χ1n) is 11.0. The molecule has 0 spiro atoms. The van der Waals surface area contributed by atoms with Crippen LogP contribution in [0.5, 0.6) is 5.75 Å². The van der Waals surface area contributed by atoms with Crippen LogP contribution in [0.2, 0.25) is 0 Å². The third-order valence-electron chi connectivity index (χ3n) is 5.84. The van der Waals surface area contributed by atoms with Crippen molar-refractivity contribution < 1.29 is 4.74 Å². The smallest absolute Gasteiger partial charge is 0.225 e. The second-order valence-corrected chi connectivity index (χ2v) is 8.01. The molecule has 0 unspecified atom stereocenters. The normalized spacial score (nSPS) is 16.8. The van der Waals surface area contributed by atoms with E-state index in [-0.39, 0.29) is 24.8 Å². The number of hydrogen-bond donors (Lipinski definition) is 0. The van der Waals surface area contributed by atoms with Crippen molar-refractivity contribution >= 4 is 30.8 Å². The van der Waals surface area contributed by atoms with Gasteiger partial charge in [-0.3, -0.25) is 9.80 Å². The van der Waals surface area contributed by atoms with E-state index >= 15 is 0 Å². The van der Waals surface area contributed by atoms with Gasteiger partial charge in [0.1, 0.15) is 5.75 Å².